The molecule has 3 N–H and O–H groups in total. The molecule has 1 fully saturated rings. The van der Waals surface area contributed by atoms with E-state index in [4.69, 9.17) is 9.88 Å². The van der Waals surface area contributed by atoms with E-state index in [1.807, 2.05) is 6.92 Å². The molecule has 0 aromatic heterocycles. The molecule has 2 unspecified atom stereocenters. The van der Waals surface area contributed by atoms with Crippen LogP contribution in [0.1, 0.15) is 23.7 Å². The molecule has 2 atom stereocenters. The molecule has 2 rings (SSSR count). The van der Waals surface area contributed by atoms with Gasteiger partial charge in [0.15, 0.2) is 0 Å². The van der Waals surface area contributed by atoms with E-state index in [0.29, 0.717) is 17.7 Å². The predicted molar refractivity (Wildman–Crippen MR) is 81.4 cm³/mol. The Morgan fingerprint density at radius 3 is 2.76 bits per heavy atom. The maximum atomic E-state index is 12.2. The van der Waals surface area contributed by atoms with E-state index in [1.54, 1.807) is 6.07 Å². The smallest absolute Gasteiger partial charge is 0.251 e. The number of halogens is 1. The zero-order valence-electron chi connectivity index (χ0n) is 11.5. The maximum Gasteiger partial charge on any atom is 0.251 e. The van der Waals surface area contributed by atoms with Crippen molar-refractivity contribution in [3.05, 3.63) is 28.2 Å². The van der Waals surface area contributed by atoms with Crippen LogP contribution in [0.3, 0.4) is 0 Å². The summed E-state index contributed by atoms with van der Waals surface area (Å²) in [6, 6.07) is 4.15. The van der Waals surface area contributed by atoms with Gasteiger partial charge >= 0.3 is 0 Å². The first kappa shape index (κ1) is 16.4. The van der Waals surface area contributed by atoms with Crippen molar-refractivity contribution in [3.63, 3.8) is 0 Å². The molecule has 1 aromatic carbocycles. The van der Waals surface area contributed by atoms with E-state index in [-0.39, 0.29) is 28.3 Å². The molecule has 1 aliphatic rings. The Balaban J connectivity index is 2.17. The van der Waals surface area contributed by atoms with Gasteiger partial charge in [-0.1, -0.05) is 15.9 Å². The van der Waals surface area contributed by atoms with Gasteiger partial charge in [0.05, 0.1) is 11.5 Å². The molecular formula is C13H17BrN2O4S. The Morgan fingerprint density at radius 2 is 2.19 bits per heavy atom. The highest BCUT2D eigenvalue weighted by Crippen LogP contribution is 2.20. The molecule has 0 saturated carbocycles. The van der Waals surface area contributed by atoms with E-state index >= 15 is 0 Å². The topological polar surface area (TPSA) is 98.5 Å². The summed E-state index contributed by atoms with van der Waals surface area (Å²) < 4.78 is 28.6. The van der Waals surface area contributed by atoms with Gasteiger partial charge in [-0.25, -0.2) is 13.6 Å². The number of carbonyl (C=O) groups is 1. The average molecular weight is 377 g/mol. The second-order valence-electron chi connectivity index (χ2n) is 5.11. The summed E-state index contributed by atoms with van der Waals surface area (Å²) in [5, 5.41) is 7.97. The van der Waals surface area contributed by atoms with Crippen molar-refractivity contribution in [3.8, 4) is 0 Å². The van der Waals surface area contributed by atoms with Gasteiger partial charge in [-0.15, -0.1) is 0 Å². The first-order valence-corrected chi connectivity index (χ1v) is 8.83. The Hall–Kier alpha value is -0.960. The summed E-state index contributed by atoms with van der Waals surface area (Å²) in [5.41, 5.74) is 0.249. The van der Waals surface area contributed by atoms with E-state index in [2.05, 4.69) is 21.2 Å². The standard InChI is InChI=1S/C13H17BrN2O4S/c1-8(9-2-3-20-7-9)16-13(17)10-4-11(14)6-12(5-10)21(15,18)19/h4-6,8-9H,2-3,7H2,1H3,(H,16,17)(H2,15,18,19). The van der Waals surface area contributed by atoms with Crippen molar-refractivity contribution >= 4 is 31.9 Å². The van der Waals surface area contributed by atoms with E-state index in [1.165, 1.54) is 12.1 Å². The number of ether oxygens (including phenoxy) is 1. The fourth-order valence-electron chi connectivity index (χ4n) is 2.21. The second kappa shape index (κ2) is 6.43. The molecule has 1 heterocycles. The lowest BCUT2D eigenvalue weighted by molar-refractivity contribution is 0.0922. The van der Waals surface area contributed by atoms with Gasteiger partial charge in [-0.05, 0) is 31.5 Å². The SMILES string of the molecule is CC(NC(=O)c1cc(Br)cc(S(N)(=O)=O)c1)C1CCOC1. The number of nitrogens with one attached hydrogen (secondary N) is 1. The van der Waals surface area contributed by atoms with Crippen LogP contribution >= 0.6 is 15.9 Å². The summed E-state index contributed by atoms with van der Waals surface area (Å²) in [6.45, 7) is 3.25. The molecule has 0 aliphatic carbocycles. The van der Waals surface area contributed by atoms with E-state index < -0.39 is 10.0 Å². The number of rotatable bonds is 4. The van der Waals surface area contributed by atoms with Gasteiger partial charge in [-0.2, -0.15) is 0 Å². The van der Waals surface area contributed by atoms with Crippen molar-refractivity contribution in [1.29, 1.82) is 0 Å². The van der Waals surface area contributed by atoms with Crippen molar-refractivity contribution in [2.24, 2.45) is 11.1 Å². The van der Waals surface area contributed by atoms with Crippen LogP contribution in [0, 0.1) is 5.92 Å². The molecule has 8 heteroatoms. The fourth-order valence-corrected chi connectivity index (χ4v) is 3.44. The van der Waals surface area contributed by atoms with Gasteiger partial charge in [0.1, 0.15) is 0 Å². The third kappa shape index (κ3) is 4.26. The zero-order chi connectivity index (χ0) is 15.6. The van der Waals surface area contributed by atoms with Crippen LogP contribution in [-0.4, -0.2) is 33.6 Å². The Morgan fingerprint density at radius 1 is 1.48 bits per heavy atom. The van der Waals surface area contributed by atoms with Gasteiger partial charge in [-0.3, -0.25) is 4.79 Å². The number of nitrogens with two attached hydrogens (primary N) is 1. The Kier molecular flexibility index (Phi) is 5.03. The minimum atomic E-state index is -3.86. The molecular weight excluding hydrogens is 360 g/mol. The number of hydrogen-bond donors (Lipinski definition) is 2. The first-order valence-electron chi connectivity index (χ1n) is 6.49. The third-order valence-corrected chi connectivity index (χ3v) is 4.84. The lowest BCUT2D eigenvalue weighted by Gasteiger charge is -2.19. The van der Waals surface area contributed by atoms with Crippen LogP contribution in [0.15, 0.2) is 27.6 Å². The van der Waals surface area contributed by atoms with E-state index in [0.717, 1.165) is 6.42 Å². The Labute approximate surface area is 132 Å². The fraction of sp³-hybridized carbons (Fsp3) is 0.462. The van der Waals surface area contributed by atoms with Gasteiger partial charge in [0.2, 0.25) is 10.0 Å². The molecule has 0 spiro atoms. The van der Waals surface area contributed by atoms with Crippen LogP contribution in [0.2, 0.25) is 0 Å². The number of hydrogen-bond acceptors (Lipinski definition) is 4. The number of sulfonamides is 1. The minimum Gasteiger partial charge on any atom is -0.381 e. The molecule has 116 valence electrons. The molecule has 21 heavy (non-hydrogen) atoms. The number of benzene rings is 1. The van der Waals surface area contributed by atoms with Crippen molar-refractivity contribution in [2.45, 2.75) is 24.3 Å². The zero-order valence-corrected chi connectivity index (χ0v) is 13.9. The highest BCUT2D eigenvalue weighted by Gasteiger charge is 2.24. The third-order valence-electron chi connectivity index (χ3n) is 3.49. The molecule has 1 aromatic rings. The van der Waals surface area contributed by atoms with Gasteiger partial charge in [0.25, 0.3) is 5.91 Å². The van der Waals surface area contributed by atoms with Crippen LogP contribution in [0.4, 0.5) is 0 Å². The molecule has 0 bridgehead atoms. The number of primary sulfonamides is 1. The van der Waals surface area contributed by atoms with Crippen LogP contribution in [0.25, 0.3) is 0 Å². The molecule has 1 saturated heterocycles. The lowest BCUT2D eigenvalue weighted by atomic mass is 10.0. The van der Waals surface area contributed by atoms with Crippen LogP contribution in [0.5, 0.6) is 0 Å². The molecule has 0 radical (unpaired) electrons. The normalized spacial score (nSPS) is 20.2. The minimum absolute atomic E-state index is 0.0445. The van der Waals surface area contributed by atoms with Crippen molar-refractivity contribution in [1.82, 2.24) is 5.32 Å². The summed E-state index contributed by atoms with van der Waals surface area (Å²) in [4.78, 5) is 12.1. The molecule has 6 nitrogen and oxygen atoms in total. The number of carbonyl (C=O) groups excluding carboxylic acids is 1. The Bertz CT molecular complexity index is 642. The largest absolute Gasteiger partial charge is 0.381 e. The van der Waals surface area contributed by atoms with E-state index in [9.17, 15) is 13.2 Å². The second-order valence-corrected chi connectivity index (χ2v) is 7.58. The van der Waals surface area contributed by atoms with Crippen LogP contribution in [-0.2, 0) is 14.8 Å². The van der Waals surface area contributed by atoms with Crippen molar-refractivity contribution in [2.75, 3.05) is 13.2 Å². The first-order chi connectivity index (χ1) is 9.77. The summed E-state index contributed by atoms with van der Waals surface area (Å²) in [6.07, 6.45) is 0.905. The molecule has 1 amide bonds. The number of amides is 1. The molecule has 1 aliphatic heterocycles. The summed E-state index contributed by atoms with van der Waals surface area (Å²) >= 11 is 3.19. The van der Waals surface area contributed by atoms with Gasteiger partial charge in [0, 0.05) is 28.6 Å². The van der Waals surface area contributed by atoms with Crippen molar-refractivity contribution < 1.29 is 17.9 Å². The summed E-state index contributed by atoms with van der Waals surface area (Å²) in [7, 11) is -3.86. The highest BCUT2D eigenvalue weighted by molar-refractivity contribution is 9.10. The predicted octanol–water partition coefficient (Wildman–Crippen LogP) is 1.25. The highest BCUT2D eigenvalue weighted by atomic mass is 79.9. The van der Waals surface area contributed by atoms with Crippen LogP contribution < -0.4 is 10.5 Å². The monoisotopic (exact) mass is 376 g/mol. The maximum absolute atomic E-state index is 12.2. The quantitative estimate of drug-likeness (QED) is 0.825. The lowest BCUT2D eigenvalue weighted by Crippen LogP contribution is -2.38. The summed E-state index contributed by atoms with van der Waals surface area (Å²) in [5.74, 6) is -0.0561. The van der Waals surface area contributed by atoms with Gasteiger partial charge < -0.3 is 10.1 Å². The average Bonchev–Trinajstić information content (AvgIpc) is 2.90.